The van der Waals surface area contributed by atoms with Gasteiger partial charge in [-0.05, 0) is 30.3 Å². The van der Waals surface area contributed by atoms with Gasteiger partial charge in [0.25, 0.3) is 0 Å². The molecule has 0 N–H and O–H groups in total. The van der Waals surface area contributed by atoms with Crippen LogP contribution in [0.1, 0.15) is 15.4 Å². The van der Waals surface area contributed by atoms with Crippen LogP contribution in [0.15, 0.2) is 42.5 Å². The molecule has 0 aliphatic carbocycles. The highest BCUT2D eigenvalue weighted by Crippen LogP contribution is 2.26. The highest BCUT2D eigenvalue weighted by Gasteiger charge is 2.15. The number of fused-ring (bicyclic) bond motifs is 1. The quantitative estimate of drug-likeness (QED) is 0.670. The van der Waals surface area contributed by atoms with Crippen molar-refractivity contribution in [2.75, 3.05) is 7.11 Å². The number of methoxy groups -OCH3 is 1. The third-order valence-electron chi connectivity index (χ3n) is 3.11. The largest absolute Gasteiger partial charge is 0.496 e. The Bertz CT molecular complexity index is 780. The van der Waals surface area contributed by atoms with E-state index in [0.717, 1.165) is 15.2 Å². The Kier molecular flexibility index (Phi) is 3.90. The van der Waals surface area contributed by atoms with Gasteiger partial charge in [-0.2, -0.15) is 0 Å². The Labute approximate surface area is 131 Å². The number of benzene rings is 2. The summed E-state index contributed by atoms with van der Waals surface area (Å²) in [5.74, 6) is 0.469. The summed E-state index contributed by atoms with van der Waals surface area (Å²) in [5.41, 5.74) is 1.45. The number of halogens is 1. The van der Waals surface area contributed by atoms with Gasteiger partial charge in [-0.15, -0.1) is 11.3 Å². The fourth-order valence-corrected chi connectivity index (χ4v) is 3.25. The van der Waals surface area contributed by atoms with E-state index in [0.29, 0.717) is 16.3 Å². The minimum Gasteiger partial charge on any atom is -0.496 e. The Hall–Kier alpha value is -1.91. The third-order valence-corrected chi connectivity index (χ3v) is 4.39. The molecule has 21 heavy (non-hydrogen) atoms. The van der Waals surface area contributed by atoms with Crippen LogP contribution in [0.25, 0.3) is 10.2 Å². The molecule has 0 aliphatic heterocycles. The zero-order valence-corrected chi connectivity index (χ0v) is 12.9. The van der Waals surface area contributed by atoms with Crippen molar-refractivity contribution >= 4 is 38.9 Å². The highest BCUT2D eigenvalue weighted by molar-refractivity contribution is 7.18. The molecular weight excluding hydrogens is 306 g/mol. The number of nitrogens with zero attached hydrogens (tertiary/aromatic N) is 1. The van der Waals surface area contributed by atoms with Gasteiger partial charge in [0, 0.05) is 5.02 Å². The Morgan fingerprint density at radius 3 is 2.86 bits per heavy atom. The molecule has 1 heterocycles. The molecular formula is C16H12ClNO2S. The summed E-state index contributed by atoms with van der Waals surface area (Å²) in [5, 5.41) is 1.35. The van der Waals surface area contributed by atoms with Gasteiger partial charge in [0.1, 0.15) is 10.8 Å². The molecule has 5 heteroatoms. The number of carbonyl (C=O) groups is 1. The second kappa shape index (κ2) is 5.84. The predicted molar refractivity (Wildman–Crippen MR) is 85.7 cm³/mol. The van der Waals surface area contributed by atoms with E-state index >= 15 is 0 Å². The molecule has 0 atom stereocenters. The topological polar surface area (TPSA) is 39.2 Å². The normalized spacial score (nSPS) is 10.8. The molecule has 0 saturated carbocycles. The number of ether oxygens (including phenoxy) is 1. The smallest absolute Gasteiger partial charge is 0.173 e. The van der Waals surface area contributed by atoms with E-state index in [-0.39, 0.29) is 12.2 Å². The van der Waals surface area contributed by atoms with Crippen molar-refractivity contribution in [2.24, 2.45) is 0 Å². The van der Waals surface area contributed by atoms with Gasteiger partial charge < -0.3 is 4.74 Å². The molecule has 0 saturated heterocycles. The van der Waals surface area contributed by atoms with Crippen LogP contribution < -0.4 is 4.74 Å². The maximum Gasteiger partial charge on any atom is 0.173 e. The maximum atomic E-state index is 12.4. The van der Waals surface area contributed by atoms with E-state index in [9.17, 15) is 4.79 Å². The Balaban J connectivity index is 1.89. The summed E-state index contributed by atoms with van der Waals surface area (Å²) in [6.45, 7) is 0. The maximum absolute atomic E-state index is 12.4. The monoisotopic (exact) mass is 317 g/mol. The predicted octanol–water partition coefficient (Wildman–Crippen LogP) is 4.38. The van der Waals surface area contributed by atoms with E-state index in [4.69, 9.17) is 16.3 Å². The molecule has 2 aromatic carbocycles. The summed E-state index contributed by atoms with van der Waals surface area (Å²) in [7, 11) is 1.53. The van der Waals surface area contributed by atoms with Crippen molar-refractivity contribution in [1.82, 2.24) is 4.98 Å². The molecule has 0 bridgehead atoms. The first-order chi connectivity index (χ1) is 10.2. The van der Waals surface area contributed by atoms with Gasteiger partial charge in [0.15, 0.2) is 5.78 Å². The van der Waals surface area contributed by atoms with Crippen molar-refractivity contribution in [3.8, 4) is 5.75 Å². The third kappa shape index (κ3) is 2.91. The number of rotatable bonds is 4. The van der Waals surface area contributed by atoms with Crippen molar-refractivity contribution in [3.05, 3.63) is 58.1 Å². The molecule has 3 nitrogen and oxygen atoms in total. The van der Waals surface area contributed by atoms with Crippen molar-refractivity contribution < 1.29 is 9.53 Å². The number of carbonyl (C=O) groups excluding carboxylic acids is 1. The first-order valence-corrected chi connectivity index (χ1v) is 7.58. The zero-order chi connectivity index (χ0) is 14.8. The first kappa shape index (κ1) is 14.0. The molecule has 106 valence electrons. The van der Waals surface area contributed by atoms with E-state index in [1.165, 1.54) is 18.4 Å². The van der Waals surface area contributed by atoms with Crippen LogP contribution in [0.4, 0.5) is 0 Å². The van der Waals surface area contributed by atoms with E-state index < -0.39 is 0 Å². The molecule has 0 spiro atoms. The Morgan fingerprint density at radius 1 is 1.29 bits per heavy atom. The highest BCUT2D eigenvalue weighted by atomic mass is 35.5. The number of thiazole rings is 1. The molecule has 3 aromatic rings. The SMILES string of the molecule is COc1cc(Cl)ccc1C(=O)Cc1nc2ccccc2s1. The fraction of sp³-hybridized carbons (Fsp3) is 0.125. The lowest BCUT2D eigenvalue weighted by molar-refractivity contribution is 0.0990. The summed E-state index contributed by atoms with van der Waals surface area (Å²) in [6, 6.07) is 12.9. The standard InChI is InChI=1S/C16H12ClNO2S/c1-20-14-8-10(17)6-7-11(14)13(19)9-16-18-12-4-2-3-5-15(12)21-16/h2-8H,9H2,1H3. The lowest BCUT2D eigenvalue weighted by atomic mass is 10.1. The number of aromatic nitrogens is 1. The molecule has 1 aromatic heterocycles. The van der Waals surface area contributed by atoms with Gasteiger partial charge in [0.05, 0.1) is 29.3 Å². The van der Waals surface area contributed by atoms with Crippen LogP contribution >= 0.6 is 22.9 Å². The number of ketones is 1. The van der Waals surface area contributed by atoms with E-state index in [1.807, 2.05) is 24.3 Å². The molecule has 0 amide bonds. The summed E-state index contributed by atoms with van der Waals surface area (Å²) in [6.07, 6.45) is 0.261. The average Bonchev–Trinajstić information content (AvgIpc) is 2.88. The van der Waals surface area contributed by atoms with Crippen LogP contribution in [0, 0.1) is 0 Å². The van der Waals surface area contributed by atoms with E-state index in [1.54, 1.807) is 18.2 Å². The minimum absolute atomic E-state index is 0.0254. The van der Waals surface area contributed by atoms with Crippen LogP contribution in [0.2, 0.25) is 5.02 Å². The van der Waals surface area contributed by atoms with Gasteiger partial charge >= 0.3 is 0 Å². The Morgan fingerprint density at radius 2 is 2.10 bits per heavy atom. The van der Waals surface area contributed by atoms with Crippen molar-refractivity contribution in [2.45, 2.75) is 6.42 Å². The molecule has 0 aliphatic rings. The molecule has 3 rings (SSSR count). The minimum atomic E-state index is -0.0254. The lowest BCUT2D eigenvalue weighted by Crippen LogP contribution is -2.05. The van der Waals surface area contributed by atoms with E-state index in [2.05, 4.69) is 4.98 Å². The lowest BCUT2D eigenvalue weighted by Gasteiger charge is -2.07. The molecule has 0 fully saturated rings. The number of Topliss-reactive ketones (excluding diaryl/α,β-unsaturated/α-hetero) is 1. The first-order valence-electron chi connectivity index (χ1n) is 6.38. The summed E-state index contributed by atoms with van der Waals surface area (Å²) in [4.78, 5) is 16.9. The summed E-state index contributed by atoms with van der Waals surface area (Å²) < 4.78 is 6.31. The van der Waals surface area contributed by atoms with Crippen molar-refractivity contribution in [1.29, 1.82) is 0 Å². The van der Waals surface area contributed by atoms with Gasteiger partial charge in [-0.3, -0.25) is 4.79 Å². The van der Waals surface area contributed by atoms with Crippen LogP contribution in [-0.2, 0) is 6.42 Å². The zero-order valence-electron chi connectivity index (χ0n) is 11.3. The van der Waals surface area contributed by atoms with Crippen molar-refractivity contribution in [3.63, 3.8) is 0 Å². The van der Waals surface area contributed by atoms with Crippen LogP contribution in [-0.4, -0.2) is 17.9 Å². The molecule has 0 unspecified atom stereocenters. The molecule has 0 radical (unpaired) electrons. The van der Waals surface area contributed by atoms with Crippen LogP contribution in [0.3, 0.4) is 0 Å². The summed E-state index contributed by atoms with van der Waals surface area (Å²) >= 11 is 7.45. The van der Waals surface area contributed by atoms with Crippen LogP contribution in [0.5, 0.6) is 5.75 Å². The van der Waals surface area contributed by atoms with Gasteiger partial charge in [-0.25, -0.2) is 4.98 Å². The van der Waals surface area contributed by atoms with Gasteiger partial charge in [0.2, 0.25) is 0 Å². The number of hydrogen-bond acceptors (Lipinski definition) is 4. The van der Waals surface area contributed by atoms with Gasteiger partial charge in [-0.1, -0.05) is 23.7 Å². The second-order valence-corrected chi connectivity index (χ2v) is 6.07. The average molecular weight is 318 g/mol. The number of para-hydroxylation sites is 1. The number of hydrogen-bond donors (Lipinski definition) is 0. The fourth-order valence-electron chi connectivity index (χ4n) is 2.12. The second-order valence-electron chi connectivity index (χ2n) is 4.52.